The highest BCUT2D eigenvalue weighted by Gasteiger charge is 2.15. The molecule has 20 heavy (non-hydrogen) atoms. The van der Waals surface area contributed by atoms with Gasteiger partial charge in [0.05, 0.1) is 0 Å². The molecule has 102 valence electrons. The fourth-order valence-electron chi connectivity index (χ4n) is 1.92. The van der Waals surface area contributed by atoms with Crippen molar-refractivity contribution in [1.29, 1.82) is 0 Å². The molecule has 1 aliphatic rings. The minimum atomic E-state index is -0.339. The van der Waals surface area contributed by atoms with Gasteiger partial charge >= 0.3 is 0 Å². The first-order chi connectivity index (χ1) is 9.49. The van der Waals surface area contributed by atoms with Crippen LogP contribution in [-0.4, -0.2) is 21.7 Å². The van der Waals surface area contributed by atoms with Crippen molar-refractivity contribution in [3.05, 3.63) is 65.2 Å². The Bertz CT molecular complexity index is 618. The second kappa shape index (κ2) is 5.63. The standard InChI is InChI=1S/C15H15N3O2/c1-10-7-12(8-11(2)14(10)19)9-18(16)15(20)13-3-5-17-6-4-13/h3-9H,16H2,1-2H3. The summed E-state index contributed by atoms with van der Waals surface area (Å²) >= 11 is 0. The minimum Gasteiger partial charge on any atom is -0.289 e. The Labute approximate surface area is 117 Å². The largest absolute Gasteiger partial charge is 0.289 e. The molecule has 2 rings (SSSR count). The van der Waals surface area contributed by atoms with Gasteiger partial charge in [-0.05, 0) is 54.9 Å². The van der Waals surface area contributed by atoms with E-state index in [1.54, 1.807) is 38.1 Å². The maximum absolute atomic E-state index is 12.1. The Morgan fingerprint density at radius 3 is 2.30 bits per heavy atom. The maximum Gasteiger partial charge on any atom is 0.272 e. The zero-order valence-electron chi connectivity index (χ0n) is 11.3. The number of amides is 1. The van der Waals surface area contributed by atoms with Crippen LogP contribution >= 0.6 is 0 Å². The van der Waals surface area contributed by atoms with Crippen LogP contribution in [0.5, 0.6) is 0 Å². The van der Waals surface area contributed by atoms with E-state index in [4.69, 9.17) is 5.84 Å². The average Bonchev–Trinajstić information content (AvgIpc) is 2.44. The number of aromatic nitrogens is 1. The van der Waals surface area contributed by atoms with E-state index in [1.165, 1.54) is 18.6 Å². The fourth-order valence-corrected chi connectivity index (χ4v) is 1.92. The Morgan fingerprint density at radius 2 is 1.75 bits per heavy atom. The monoisotopic (exact) mass is 269 g/mol. The van der Waals surface area contributed by atoms with E-state index < -0.39 is 0 Å². The number of hydrazine groups is 1. The SMILES string of the molecule is CC1=CC(=CN(N)C(=O)c2ccncc2)C=C(C)C1=O. The molecule has 1 aromatic rings. The second-order valence-corrected chi connectivity index (χ2v) is 4.56. The molecule has 1 aromatic heterocycles. The summed E-state index contributed by atoms with van der Waals surface area (Å²) in [7, 11) is 0. The molecule has 0 saturated carbocycles. The minimum absolute atomic E-state index is 0.00572. The molecule has 0 saturated heterocycles. The van der Waals surface area contributed by atoms with Gasteiger partial charge in [-0.3, -0.25) is 19.6 Å². The van der Waals surface area contributed by atoms with E-state index in [0.717, 1.165) is 5.01 Å². The molecule has 2 N–H and O–H groups in total. The number of allylic oxidation sites excluding steroid dienone is 5. The maximum atomic E-state index is 12.1. The summed E-state index contributed by atoms with van der Waals surface area (Å²) in [6, 6.07) is 3.18. The molecular formula is C15H15N3O2. The number of Topliss-reactive ketones (excluding diaryl/α,β-unsaturated/α-hetero) is 1. The lowest BCUT2D eigenvalue weighted by atomic mass is 9.96. The quantitative estimate of drug-likeness (QED) is 0.504. The third-order valence-corrected chi connectivity index (χ3v) is 2.93. The van der Waals surface area contributed by atoms with E-state index in [1.807, 2.05) is 0 Å². The zero-order valence-corrected chi connectivity index (χ0v) is 11.3. The number of nitrogens with two attached hydrogens (primary N) is 1. The molecule has 0 unspecified atom stereocenters. The number of carbonyl (C=O) groups excluding carboxylic acids is 2. The van der Waals surface area contributed by atoms with Gasteiger partial charge < -0.3 is 0 Å². The van der Waals surface area contributed by atoms with Gasteiger partial charge in [0.25, 0.3) is 5.91 Å². The van der Waals surface area contributed by atoms with Crippen molar-refractivity contribution >= 4 is 11.7 Å². The lowest BCUT2D eigenvalue weighted by Crippen LogP contribution is -2.32. The summed E-state index contributed by atoms with van der Waals surface area (Å²) < 4.78 is 0. The molecule has 0 spiro atoms. The van der Waals surface area contributed by atoms with Crippen molar-refractivity contribution in [1.82, 2.24) is 9.99 Å². The highest BCUT2D eigenvalue weighted by atomic mass is 16.2. The molecule has 1 aliphatic carbocycles. The van der Waals surface area contributed by atoms with Crippen LogP contribution < -0.4 is 5.84 Å². The van der Waals surface area contributed by atoms with Crippen LogP contribution in [0.1, 0.15) is 24.2 Å². The van der Waals surface area contributed by atoms with Gasteiger partial charge in [0, 0.05) is 24.2 Å². The normalized spacial score (nSPS) is 14.6. The Morgan fingerprint density at radius 1 is 1.20 bits per heavy atom. The number of ketones is 1. The van der Waals surface area contributed by atoms with Crippen LogP contribution in [0.2, 0.25) is 0 Å². The lowest BCUT2D eigenvalue weighted by molar-refractivity contribution is -0.112. The van der Waals surface area contributed by atoms with Crippen molar-refractivity contribution in [3.8, 4) is 0 Å². The highest BCUT2D eigenvalue weighted by Crippen LogP contribution is 2.18. The van der Waals surface area contributed by atoms with E-state index in [-0.39, 0.29) is 11.7 Å². The van der Waals surface area contributed by atoms with Gasteiger partial charge in [0.2, 0.25) is 0 Å². The first-order valence-electron chi connectivity index (χ1n) is 6.10. The van der Waals surface area contributed by atoms with Crippen LogP contribution in [0.3, 0.4) is 0 Å². The molecule has 0 aromatic carbocycles. The molecule has 1 amide bonds. The second-order valence-electron chi connectivity index (χ2n) is 4.56. The average molecular weight is 269 g/mol. The predicted molar refractivity (Wildman–Crippen MR) is 75.2 cm³/mol. The van der Waals surface area contributed by atoms with Gasteiger partial charge in [0.15, 0.2) is 5.78 Å². The molecular weight excluding hydrogens is 254 g/mol. The van der Waals surface area contributed by atoms with E-state index in [0.29, 0.717) is 22.3 Å². The zero-order chi connectivity index (χ0) is 14.7. The van der Waals surface area contributed by atoms with E-state index >= 15 is 0 Å². The van der Waals surface area contributed by atoms with Crippen molar-refractivity contribution in [3.63, 3.8) is 0 Å². The molecule has 5 nitrogen and oxygen atoms in total. The smallest absolute Gasteiger partial charge is 0.272 e. The van der Waals surface area contributed by atoms with Gasteiger partial charge in [-0.15, -0.1) is 0 Å². The van der Waals surface area contributed by atoms with Gasteiger partial charge in [-0.2, -0.15) is 0 Å². The highest BCUT2D eigenvalue weighted by molar-refractivity contribution is 6.09. The Hall–Kier alpha value is -2.53. The van der Waals surface area contributed by atoms with Crippen LogP contribution in [0.15, 0.2) is 59.6 Å². The summed E-state index contributed by atoms with van der Waals surface area (Å²) in [5, 5.41) is 1.01. The molecule has 0 aliphatic heterocycles. The van der Waals surface area contributed by atoms with E-state index in [9.17, 15) is 9.59 Å². The molecule has 0 atom stereocenters. The number of hydrogen-bond acceptors (Lipinski definition) is 4. The topological polar surface area (TPSA) is 76.3 Å². The number of pyridine rings is 1. The Kier molecular flexibility index (Phi) is 3.91. The summed E-state index contributed by atoms with van der Waals surface area (Å²) in [6.07, 6.45) is 7.97. The van der Waals surface area contributed by atoms with Gasteiger partial charge in [0.1, 0.15) is 0 Å². The van der Waals surface area contributed by atoms with Crippen molar-refractivity contribution in [2.45, 2.75) is 13.8 Å². The van der Waals surface area contributed by atoms with Gasteiger partial charge in [-0.25, -0.2) is 5.84 Å². The van der Waals surface area contributed by atoms with Crippen LogP contribution in [0.25, 0.3) is 0 Å². The van der Waals surface area contributed by atoms with Crippen LogP contribution in [0, 0.1) is 0 Å². The first kappa shape index (κ1) is 13.9. The third-order valence-electron chi connectivity index (χ3n) is 2.93. The fraction of sp³-hybridized carbons (Fsp3) is 0.133. The molecule has 0 bridgehead atoms. The molecule has 1 heterocycles. The van der Waals surface area contributed by atoms with Crippen LogP contribution in [0.4, 0.5) is 0 Å². The van der Waals surface area contributed by atoms with Crippen molar-refractivity contribution < 1.29 is 9.59 Å². The first-order valence-corrected chi connectivity index (χ1v) is 6.10. The predicted octanol–water partition coefficient (Wildman–Crippen LogP) is 1.76. The molecule has 5 heteroatoms. The molecule has 0 radical (unpaired) electrons. The summed E-state index contributed by atoms with van der Waals surface area (Å²) in [6.45, 7) is 3.47. The Balaban J connectivity index is 2.23. The summed E-state index contributed by atoms with van der Waals surface area (Å²) in [4.78, 5) is 27.5. The summed E-state index contributed by atoms with van der Waals surface area (Å²) in [5.74, 6) is 5.42. The number of nitrogens with zero attached hydrogens (tertiary/aromatic N) is 2. The van der Waals surface area contributed by atoms with Crippen molar-refractivity contribution in [2.75, 3.05) is 0 Å². The van der Waals surface area contributed by atoms with Crippen LogP contribution in [-0.2, 0) is 4.79 Å². The number of carbonyl (C=O) groups is 2. The number of rotatable bonds is 2. The van der Waals surface area contributed by atoms with Gasteiger partial charge in [-0.1, -0.05) is 0 Å². The summed E-state index contributed by atoms with van der Waals surface area (Å²) in [5.41, 5.74) is 2.42. The van der Waals surface area contributed by atoms with E-state index in [2.05, 4.69) is 4.98 Å². The van der Waals surface area contributed by atoms with Crippen molar-refractivity contribution in [2.24, 2.45) is 5.84 Å². The molecule has 0 fully saturated rings. The lowest BCUT2D eigenvalue weighted by Gasteiger charge is -2.15. The number of hydrogen-bond donors (Lipinski definition) is 1. The third kappa shape index (κ3) is 2.89.